The predicted octanol–water partition coefficient (Wildman–Crippen LogP) is 6.48. The van der Waals surface area contributed by atoms with E-state index in [0.717, 1.165) is 18.6 Å². The van der Waals surface area contributed by atoms with Crippen LogP contribution in [0, 0.1) is 0 Å². The van der Waals surface area contributed by atoms with Crippen LogP contribution in [0.15, 0.2) is 77.4 Å². The fourth-order valence-corrected chi connectivity index (χ4v) is 3.68. The molecule has 0 N–H and O–H groups in total. The van der Waals surface area contributed by atoms with Crippen LogP contribution in [0.4, 0.5) is 0 Å². The normalized spacial score (nSPS) is 13.8. The van der Waals surface area contributed by atoms with Crippen molar-refractivity contribution >= 4 is 35.5 Å². The molecule has 1 aliphatic heterocycles. The molecule has 0 amide bonds. The van der Waals surface area contributed by atoms with Crippen molar-refractivity contribution in [2.24, 2.45) is 4.99 Å². The number of nitrogens with zero attached hydrogens (tertiary/aromatic N) is 1. The Morgan fingerprint density at radius 3 is 2.51 bits per heavy atom. The van der Waals surface area contributed by atoms with Gasteiger partial charge >= 0.3 is 11.9 Å². The molecular formula is C29H26ClNO6. The summed E-state index contributed by atoms with van der Waals surface area (Å²) in [5.41, 5.74) is 1.67. The van der Waals surface area contributed by atoms with Crippen molar-refractivity contribution < 1.29 is 28.5 Å². The number of carbonyl (C=O) groups excluding carboxylic acids is 2. The third-order valence-corrected chi connectivity index (χ3v) is 5.69. The summed E-state index contributed by atoms with van der Waals surface area (Å²) < 4.78 is 22.2. The smallest absolute Gasteiger partial charge is 0.363 e. The lowest BCUT2D eigenvalue weighted by molar-refractivity contribution is -0.129. The van der Waals surface area contributed by atoms with Crippen LogP contribution in [0.25, 0.3) is 6.08 Å². The molecule has 0 bridgehead atoms. The summed E-state index contributed by atoms with van der Waals surface area (Å²) in [6, 6.07) is 18.8. The van der Waals surface area contributed by atoms with Crippen LogP contribution in [0.2, 0.25) is 5.02 Å². The second-order valence-electron chi connectivity index (χ2n) is 8.07. The molecule has 0 unspecified atom stereocenters. The highest BCUT2D eigenvalue weighted by atomic mass is 35.5. The van der Waals surface area contributed by atoms with E-state index in [1.54, 1.807) is 60.7 Å². The maximum atomic E-state index is 12.6. The van der Waals surface area contributed by atoms with E-state index in [4.69, 9.17) is 30.5 Å². The summed E-state index contributed by atoms with van der Waals surface area (Å²) in [4.78, 5) is 29.4. The standard InChI is InChI=1S/C29H26ClNO6/c1-3-5-16-35-21-13-11-20(12-14-21)27-31-24(29(33)37-27)17-19-10-15-25(26(18-19)34-4-2)36-28(32)22-8-6-7-9-23(22)30/h6-15,17-18H,3-5,16H2,1-2H3/b24-17-. The Morgan fingerprint density at radius 1 is 1.00 bits per heavy atom. The van der Waals surface area contributed by atoms with Gasteiger partial charge < -0.3 is 18.9 Å². The molecule has 0 saturated carbocycles. The first kappa shape index (κ1) is 26.0. The van der Waals surface area contributed by atoms with Crippen LogP contribution in [0.3, 0.4) is 0 Å². The Bertz CT molecular complexity index is 1350. The molecule has 37 heavy (non-hydrogen) atoms. The third-order valence-electron chi connectivity index (χ3n) is 5.36. The largest absolute Gasteiger partial charge is 0.494 e. The zero-order valence-electron chi connectivity index (χ0n) is 20.5. The molecule has 0 radical (unpaired) electrons. The summed E-state index contributed by atoms with van der Waals surface area (Å²) in [6.07, 6.45) is 3.62. The lowest BCUT2D eigenvalue weighted by atomic mass is 10.1. The first-order valence-corrected chi connectivity index (χ1v) is 12.4. The number of hydrogen-bond acceptors (Lipinski definition) is 7. The van der Waals surface area contributed by atoms with Crippen LogP contribution in [-0.4, -0.2) is 31.1 Å². The van der Waals surface area contributed by atoms with Gasteiger partial charge in [0.25, 0.3) is 0 Å². The molecule has 4 rings (SSSR count). The second-order valence-corrected chi connectivity index (χ2v) is 8.48. The van der Waals surface area contributed by atoms with Crippen molar-refractivity contribution in [3.05, 3.63) is 94.1 Å². The number of halogens is 1. The number of ether oxygens (including phenoxy) is 4. The van der Waals surface area contributed by atoms with Gasteiger partial charge in [-0.2, -0.15) is 0 Å². The molecule has 0 fully saturated rings. The van der Waals surface area contributed by atoms with Crippen molar-refractivity contribution in [3.8, 4) is 17.2 Å². The molecule has 1 heterocycles. The van der Waals surface area contributed by atoms with Gasteiger partial charge in [-0.1, -0.05) is 43.1 Å². The minimum absolute atomic E-state index is 0.140. The van der Waals surface area contributed by atoms with Crippen molar-refractivity contribution in [3.63, 3.8) is 0 Å². The van der Waals surface area contributed by atoms with Crippen LogP contribution in [-0.2, 0) is 9.53 Å². The molecule has 190 valence electrons. The van der Waals surface area contributed by atoms with E-state index < -0.39 is 11.9 Å². The number of benzene rings is 3. The minimum Gasteiger partial charge on any atom is -0.494 e. The highest BCUT2D eigenvalue weighted by Gasteiger charge is 2.24. The van der Waals surface area contributed by atoms with Crippen molar-refractivity contribution in [2.75, 3.05) is 13.2 Å². The van der Waals surface area contributed by atoms with Crippen LogP contribution < -0.4 is 14.2 Å². The molecule has 7 nitrogen and oxygen atoms in total. The lowest BCUT2D eigenvalue weighted by Crippen LogP contribution is -2.10. The van der Waals surface area contributed by atoms with Gasteiger partial charge in [0.15, 0.2) is 17.2 Å². The van der Waals surface area contributed by atoms with Crippen molar-refractivity contribution in [1.29, 1.82) is 0 Å². The molecule has 0 saturated heterocycles. The Hall–Kier alpha value is -4.10. The molecule has 8 heteroatoms. The molecule has 1 aliphatic rings. The maximum Gasteiger partial charge on any atom is 0.363 e. The Morgan fingerprint density at radius 2 is 1.78 bits per heavy atom. The van der Waals surface area contributed by atoms with Gasteiger partial charge in [-0.25, -0.2) is 14.6 Å². The van der Waals surface area contributed by atoms with E-state index in [2.05, 4.69) is 11.9 Å². The number of hydrogen-bond donors (Lipinski definition) is 0. The first-order valence-electron chi connectivity index (χ1n) is 12.0. The van der Waals surface area contributed by atoms with Gasteiger partial charge in [-0.15, -0.1) is 0 Å². The van der Waals surface area contributed by atoms with E-state index in [1.165, 1.54) is 0 Å². The second kappa shape index (κ2) is 12.2. The average Bonchev–Trinajstić information content (AvgIpc) is 3.26. The average molecular weight is 520 g/mol. The molecule has 3 aromatic rings. The van der Waals surface area contributed by atoms with Crippen molar-refractivity contribution in [1.82, 2.24) is 0 Å². The van der Waals surface area contributed by atoms with Gasteiger partial charge in [-0.05, 0) is 73.5 Å². The SMILES string of the molecule is CCCCOc1ccc(C2=N/C(=C\c3ccc(OC(=O)c4ccccc4Cl)c(OCC)c3)C(=O)O2)cc1. The Labute approximate surface area is 220 Å². The van der Waals surface area contributed by atoms with Gasteiger partial charge in [0, 0.05) is 5.56 Å². The number of carbonyl (C=O) groups is 2. The van der Waals surface area contributed by atoms with E-state index >= 15 is 0 Å². The van der Waals surface area contributed by atoms with Gasteiger partial charge in [-0.3, -0.25) is 0 Å². The molecular weight excluding hydrogens is 494 g/mol. The maximum absolute atomic E-state index is 12.6. The highest BCUT2D eigenvalue weighted by Crippen LogP contribution is 2.31. The minimum atomic E-state index is -0.604. The summed E-state index contributed by atoms with van der Waals surface area (Å²) in [5.74, 6) is 0.363. The van der Waals surface area contributed by atoms with E-state index in [-0.39, 0.29) is 22.9 Å². The Kier molecular flexibility index (Phi) is 8.59. The van der Waals surface area contributed by atoms with Gasteiger partial charge in [0.1, 0.15) is 5.75 Å². The molecule has 0 atom stereocenters. The van der Waals surface area contributed by atoms with Crippen LogP contribution >= 0.6 is 11.6 Å². The number of cyclic esters (lactones) is 1. The predicted molar refractivity (Wildman–Crippen MR) is 141 cm³/mol. The van der Waals surface area contributed by atoms with Gasteiger partial charge in [0.05, 0.1) is 23.8 Å². The number of rotatable bonds is 10. The summed E-state index contributed by atoms with van der Waals surface area (Å²) >= 11 is 6.11. The van der Waals surface area contributed by atoms with Gasteiger partial charge in [0.2, 0.25) is 5.90 Å². The quantitative estimate of drug-likeness (QED) is 0.132. The number of esters is 2. The summed E-state index contributed by atoms with van der Waals surface area (Å²) in [5, 5.41) is 0.291. The van der Waals surface area contributed by atoms with E-state index in [9.17, 15) is 9.59 Å². The molecule has 0 spiro atoms. The van der Waals surface area contributed by atoms with Crippen LogP contribution in [0.1, 0.15) is 48.2 Å². The lowest BCUT2D eigenvalue weighted by Gasteiger charge is -2.12. The monoisotopic (exact) mass is 519 g/mol. The van der Waals surface area contributed by atoms with Crippen molar-refractivity contribution in [2.45, 2.75) is 26.7 Å². The topological polar surface area (TPSA) is 83.4 Å². The summed E-state index contributed by atoms with van der Waals surface area (Å²) in [7, 11) is 0. The number of unbranched alkanes of at least 4 members (excludes halogenated alkanes) is 1. The fourth-order valence-electron chi connectivity index (χ4n) is 3.47. The summed E-state index contributed by atoms with van der Waals surface area (Å²) in [6.45, 7) is 4.92. The van der Waals surface area contributed by atoms with Crippen LogP contribution in [0.5, 0.6) is 17.2 Å². The first-order chi connectivity index (χ1) is 18.0. The Balaban J connectivity index is 1.52. The molecule has 0 aliphatic carbocycles. The number of aliphatic imine (C=N–C) groups is 1. The van der Waals surface area contributed by atoms with E-state index in [0.29, 0.717) is 35.1 Å². The zero-order valence-corrected chi connectivity index (χ0v) is 21.3. The molecule has 3 aromatic carbocycles. The third kappa shape index (κ3) is 6.57. The molecule has 0 aromatic heterocycles. The fraction of sp³-hybridized carbons (Fsp3) is 0.207. The van der Waals surface area contributed by atoms with E-state index in [1.807, 2.05) is 19.1 Å². The zero-order chi connectivity index (χ0) is 26.2. The highest BCUT2D eigenvalue weighted by molar-refractivity contribution is 6.33.